The summed E-state index contributed by atoms with van der Waals surface area (Å²) >= 11 is 0. The monoisotopic (exact) mass is 243 g/mol. The Morgan fingerprint density at radius 2 is 1.72 bits per heavy atom. The molecule has 0 aliphatic carbocycles. The SMILES string of the molecule is O=Nc1cc(O)cc(O)c1C(=O)c1ccccc1. The average molecular weight is 243 g/mol. The van der Waals surface area contributed by atoms with Gasteiger partial charge in [-0.25, -0.2) is 0 Å². The van der Waals surface area contributed by atoms with Gasteiger partial charge in [0.15, 0.2) is 5.78 Å². The molecule has 0 radical (unpaired) electrons. The largest absolute Gasteiger partial charge is 0.508 e. The normalized spacial score (nSPS) is 10.0. The van der Waals surface area contributed by atoms with E-state index in [1.54, 1.807) is 30.3 Å². The summed E-state index contributed by atoms with van der Waals surface area (Å²) in [5.41, 5.74) is -0.182. The summed E-state index contributed by atoms with van der Waals surface area (Å²) in [6, 6.07) is 10.2. The fourth-order valence-electron chi connectivity index (χ4n) is 1.64. The molecule has 18 heavy (non-hydrogen) atoms. The zero-order valence-electron chi connectivity index (χ0n) is 9.20. The van der Waals surface area contributed by atoms with E-state index in [9.17, 15) is 19.9 Å². The number of rotatable bonds is 3. The van der Waals surface area contributed by atoms with E-state index in [2.05, 4.69) is 5.18 Å². The maximum absolute atomic E-state index is 12.1. The van der Waals surface area contributed by atoms with Gasteiger partial charge in [-0.1, -0.05) is 30.3 Å². The summed E-state index contributed by atoms with van der Waals surface area (Å²) in [6.45, 7) is 0. The molecule has 2 aromatic rings. The molecule has 0 aliphatic rings. The smallest absolute Gasteiger partial charge is 0.199 e. The molecule has 0 saturated heterocycles. The van der Waals surface area contributed by atoms with Crippen LogP contribution in [0.1, 0.15) is 15.9 Å². The van der Waals surface area contributed by atoms with Gasteiger partial charge >= 0.3 is 0 Å². The molecule has 0 atom stereocenters. The molecule has 2 N–H and O–H groups in total. The lowest BCUT2D eigenvalue weighted by atomic mass is 10.0. The minimum absolute atomic E-state index is 0.214. The van der Waals surface area contributed by atoms with E-state index in [1.165, 1.54) is 0 Å². The molecule has 90 valence electrons. The second-order valence-corrected chi connectivity index (χ2v) is 3.65. The number of carbonyl (C=O) groups excluding carboxylic acids is 1. The average Bonchev–Trinajstić information content (AvgIpc) is 2.38. The fraction of sp³-hybridized carbons (Fsp3) is 0. The molecule has 0 fully saturated rings. The first-order valence-corrected chi connectivity index (χ1v) is 5.12. The highest BCUT2D eigenvalue weighted by Crippen LogP contribution is 2.34. The van der Waals surface area contributed by atoms with Crippen LogP contribution in [0.4, 0.5) is 5.69 Å². The van der Waals surface area contributed by atoms with Crippen molar-refractivity contribution >= 4 is 11.5 Å². The van der Waals surface area contributed by atoms with Crippen molar-refractivity contribution in [3.8, 4) is 11.5 Å². The molecule has 0 unspecified atom stereocenters. The summed E-state index contributed by atoms with van der Waals surface area (Å²) in [4.78, 5) is 22.8. The van der Waals surface area contributed by atoms with Gasteiger partial charge in [0.25, 0.3) is 0 Å². The van der Waals surface area contributed by atoms with Crippen LogP contribution in [0.2, 0.25) is 0 Å². The van der Waals surface area contributed by atoms with E-state index in [1.807, 2.05) is 0 Å². The second kappa shape index (κ2) is 4.67. The van der Waals surface area contributed by atoms with Gasteiger partial charge in [-0.3, -0.25) is 4.79 Å². The minimum Gasteiger partial charge on any atom is -0.508 e. The zero-order chi connectivity index (χ0) is 13.1. The lowest BCUT2D eigenvalue weighted by Gasteiger charge is -2.06. The molecule has 2 rings (SSSR count). The van der Waals surface area contributed by atoms with Gasteiger partial charge < -0.3 is 10.2 Å². The number of phenolic OH excluding ortho intramolecular Hbond substituents is 2. The lowest BCUT2D eigenvalue weighted by Crippen LogP contribution is -2.01. The summed E-state index contributed by atoms with van der Waals surface area (Å²) < 4.78 is 0. The molecule has 5 nitrogen and oxygen atoms in total. The van der Waals surface area contributed by atoms with Gasteiger partial charge in [0.2, 0.25) is 0 Å². The predicted molar refractivity (Wildman–Crippen MR) is 65.1 cm³/mol. The lowest BCUT2D eigenvalue weighted by molar-refractivity contribution is 0.103. The number of aromatic hydroxyl groups is 2. The molecule has 2 aromatic carbocycles. The Morgan fingerprint density at radius 3 is 2.33 bits per heavy atom. The summed E-state index contributed by atoms with van der Waals surface area (Å²) in [5, 5.41) is 21.5. The molecule has 5 heteroatoms. The van der Waals surface area contributed by atoms with Gasteiger partial charge in [0, 0.05) is 17.7 Å². The molecule has 0 saturated carbocycles. The van der Waals surface area contributed by atoms with Gasteiger partial charge in [0.1, 0.15) is 17.2 Å². The number of benzene rings is 2. The molecule has 0 spiro atoms. The van der Waals surface area contributed by atoms with Crippen molar-refractivity contribution in [2.45, 2.75) is 0 Å². The Balaban J connectivity index is 2.58. The van der Waals surface area contributed by atoms with E-state index in [0.717, 1.165) is 12.1 Å². The number of hydrogen-bond acceptors (Lipinski definition) is 5. The molecule has 0 aromatic heterocycles. The van der Waals surface area contributed by atoms with E-state index >= 15 is 0 Å². The Hall–Kier alpha value is -2.69. The molecule has 0 amide bonds. The van der Waals surface area contributed by atoms with Crippen LogP contribution >= 0.6 is 0 Å². The summed E-state index contributed by atoms with van der Waals surface area (Å²) in [7, 11) is 0. The van der Waals surface area contributed by atoms with Crippen molar-refractivity contribution in [3.63, 3.8) is 0 Å². The second-order valence-electron chi connectivity index (χ2n) is 3.65. The summed E-state index contributed by atoms with van der Waals surface area (Å²) in [6.07, 6.45) is 0. The minimum atomic E-state index is -0.525. The van der Waals surface area contributed by atoms with Crippen LogP contribution in [0.5, 0.6) is 11.5 Å². The van der Waals surface area contributed by atoms with Gasteiger partial charge in [-0.05, 0) is 5.18 Å². The highest BCUT2D eigenvalue weighted by atomic mass is 16.3. The maximum atomic E-state index is 12.1. The number of nitrogens with zero attached hydrogens (tertiary/aromatic N) is 1. The van der Waals surface area contributed by atoms with E-state index in [4.69, 9.17) is 0 Å². The number of nitroso groups, excluding NO2 is 1. The predicted octanol–water partition coefficient (Wildman–Crippen LogP) is 2.73. The van der Waals surface area contributed by atoms with Crippen molar-refractivity contribution < 1.29 is 15.0 Å². The first kappa shape index (κ1) is 11.8. The Labute approximate surface area is 102 Å². The van der Waals surface area contributed by atoms with Gasteiger partial charge in [0.05, 0.1) is 5.56 Å². The van der Waals surface area contributed by atoms with Crippen LogP contribution in [0, 0.1) is 4.91 Å². The zero-order valence-corrected chi connectivity index (χ0v) is 9.20. The quantitative estimate of drug-likeness (QED) is 0.640. The Bertz CT molecular complexity index is 608. The fourth-order valence-corrected chi connectivity index (χ4v) is 1.64. The van der Waals surface area contributed by atoms with Crippen LogP contribution in [-0.4, -0.2) is 16.0 Å². The van der Waals surface area contributed by atoms with Crippen LogP contribution in [0.3, 0.4) is 0 Å². The maximum Gasteiger partial charge on any atom is 0.199 e. The van der Waals surface area contributed by atoms with Crippen LogP contribution in [-0.2, 0) is 0 Å². The first-order chi connectivity index (χ1) is 8.63. The van der Waals surface area contributed by atoms with E-state index in [-0.39, 0.29) is 17.0 Å². The van der Waals surface area contributed by atoms with Crippen LogP contribution < -0.4 is 0 Å². The molecule has 0 bridgehead atoms. The Kier molecular flexibility index (Phi) is 3.05. The highest BCUT2D eigenvalue weighted by Gasteiger charge is 2.20. The molecular weight excluding hydrogens is 234 g/mol. The molecule has 0 heterocycles. The molecular formula is C13H9NO4. The van der Waals surface area contributed by atoms with Crippen molar-refractivity contribution in [3.05, 3.63) is 58.5 Å². The van der Waals surface area contributed by atoms with Crippen LogP contribution in [0.15, 0.2) is 47.6 Å². The van der Waals surface area contributed by atoms with Gasteiger partial charge in [-0.15, -0.1) is 4.91 Å². The van der Waals surface area contributed by atoms with Crippen molar-refractivity contribution in [2.24, 2.45) is 5.18 Å². The molecule has 0 aliphatic heterocycles. The van der Waals surface area contributed by atoms with Crippen molar-refractivity contribution in [2.75, 3.05) is 0 Å². The third-order valence-corrected chi connectivity index (χ3v) is 2.44. The first-order valence-electron chi connectivity index (χ1n) is 5.12. The van der Waals surface area contributed by atoms with E-state index in [0.29, 0.717) is 5.56 Å². The number of ketones is 1. The highest BCUT2D eigenvalue weighted by molar-refractivity contribution is 6.13. The number of hydrogen-bond donors (Lipinski definition) is 2. The standard InChI is InChI=1S/C13H9NO4/c15-9-6-10(14-18)12(11(16)7-9)13(17)8-4-2-1-3-5-8/h1-7,15-16H. The van der Waals surface area contributed by atoms with Crippen molar-refractivity contribution in [1.82, 2.24) is 0 Å². The van der Waals surface area contributed by atoms with Crippen LogP contribution in [0.25, 0.3) is 0 Å². The van der Waals surface area contributed by atoms with E-state index < -0.39 is 11.5 Å². The summed E-state index contributed by atoms with van der Waals surface area (Å²) in [5.74, 6) is -1.33. The number of carbonyl (C=O) groups is 1. The number of phenols is 2. The van der Waals surface area contributed by atoms with Crippen molar-refractivity contribution in [1.29, 1.82) is 0 Å². The topological polar surface area (TPSA) is 87.0 Å². The third-order valence-electron chi connectivity index (χ3n) is 2.44. The Morgan fingerprint density at radius 1 is 1.06 bits per heavy atom. The third kappa shape index (κ3) is 2.06. The van der Waals surface area contributed by atoms with Gasteiger partial charge in [-0.2, -0.15) is 0 Å².